The Morgan fingerprint density at radius 2 is 1.29 bits per heavy atom. The zero-order chi connectivity index (χ0) is 2.71. The summed E-state index contributed by atoms with van der Waals surface area (Å²) in [5, 5.41) is 7.57. The fraction of sp³-hybridized carbons (Fsp3) is 1.00. The molecule has 0 radical (unpaired) electrons. The predicted octanol–water partition coefficient (Wildman–Crippen LogP) is -0.0765. The molecule has 0 spiro atoms. The zero-order valence-corrected chi connectivity index (χ0v) is 8.28. The SMILES string of the molecule is CCO.Cl.Cl.[MgH2].[Zn]. The van der Waals surface area contributed by atoms with Crippen molar-refractivity contribution in [2.45, 2.75) is 6.92 Å². The Hall–Kier alpha value is 1.93. The van der Waals surface area contributed by atoms with Crippen molar-refractivity contribution in [3.8, 4) is 0 Å². The van der Waals surface area contributed by atoms with Crippen molar-refractivity contribution in [1.29, 1.82) is 0 Å². The minimum atomic E-state index is 0. The molecule has 0 unspecified atom stereocenters. The number of aliphatic hydroxyl groups excluding tert-OH is 1. The second-order valence-corrected chi connectivity index (χ2v) is 0.316. The molecule has 0 aromatic heterocycles. The molecule has 42 valence electrons. The molecule has 0 amide bonds. The largest absolute Gasteiger partial charge is 0.397 e. The quantitative estimate of drug-likeness (QED) is 0.555. The monoisotopic (exact) mass is 208 g/mol. The first kappa shape index (κ1) is 36.4. The van der Waals surface area contributed by atoms with Crippen molar-refractivity contribution in [3.05, 3.63) is 0 Å². The van der Waals surface area contributed by atoms with Gasteiger partial charge in [0.25, 0.3) is 0 Å². The van der Waals surface area contributed by atoms with Gasteiger partial charge in [0.15, 0.2) is 0 Å². The summed E-state index contributed by atoms with van der Waals surface area (Å²) in [6, 6.07) is 0. The van der Waals surface area contributed by atoms with Crippen molar-refractivity contribution in [3.63, 3.8) is 0 Å². The third-order valence-electron chi connectivity index (χ3n) is 0. The molecule has 0 atom stereocenters. The fourth-order valence-corrected chi connectivity index (χ4v) is 0. The van der Waals surface area contributed by atoms with Crippen LogP contribution in [0.2, 0.25) is 0 Å². The Morgan fingerprint density at radius 1 is 1.29 bits per heavy atom. The molecule has 0 heterocycles. The molecule has 0 fully saturated rings. The minimum absolute atomic E-state index is 0. The van der Waals surface area contributed by atoms with E-state index in [1.54, 1.807) is 6.92 Å². The van der Waals surface area contributed by atoms with Crippen LogP contribution in [0, 0.1) is 0 Å². The third-order valence-corrected chi connectivity index (χ3v) is 0. The zero-order valence-electron chi connectivity index (χ0n) is 3.68. The van der Waals surface area contributed by atoms with Crippen LogP contribution in [0.5, 0.6) is 0 Å². The van der Waals surface area contributed by atoms with Gasteiger partial charge in [-0.15, -0.1) is 24.8 Å². The first-order valence-electron chi connectivity index (χ1n) is 1.02. The van der Waals surface area contributed by atoms with Crippen LogP contribution >= 0.6 is 24.8 Å². The van der Waals surface area contributed by atoms with Crippen molar-refractivity contribution >= 4 is 47.9 Å². The van der Waals surface area contributed by atoms with E-state index >= 15 is 0 Å². The summed E-state index contributed by atoms with van der Waals surface area (Å²) in [5.74, 6) is 0. The van der Waals surface area contributed by atoms with E-state index in [1.165, 1.54) is 0 Å². The summed E-state index contributed by atoms with van der Waals surface area (Å²) in [7, 11) is 0. The van der Waals surface area contributed by atoms with E-state index in [4.69, 9.17) is 5.11 Å². The normalized spacial score (nSPS) is 2.57. The Kier molecular flexibility index (Phi) is 230. The molecule has 1 N–H and O–H groups in total. The summed E-state index contributed by atoms with van der Waals surface area (Å²) in [6.07, 6.45) is 0. The number of hydrogen-bond acceptors (Lipinski definition) is 1. The van der Waals surface area contributed by atoms with Crippen LogP contribution in [0.3, 0.4) is 0 Å². The number of aliphatic hydroxyl groups is 1. The van der Waals surface area contributed by atoms with Gasteiger partial charge in [-0.25, -0.2) is 0 Å². The van der Waals surface area contributed by atoms with Crippen LogP contribution in [0.1, 0.15) is 6.92 Å². The molecule has 0 aromatic rings. The smallest absolute Gasteiger partial charge is 0.316 e. The summed E-state index contributed by atoms with van der Waals surface area (Å²) < 4.78 is 0. The molecular weight excluding hydrogens is 201 g/mol. The number of rotatable bonds is 0. The molecule has 1 nitrogen and oxygen atoms in total. The maximum atomic E-state index is 7.57. The van der Waals surface area contributed by atoms with Crippen LogP contribution in [-0.2, 0) is 19.5 Å². The van der Waals surface area contributed by atoms with E-state index in [1.807, 2.05) is 0 Å². The van der Waals surface area contributed by atoms with Crippen LogP contribution in [0.4, 0.5) is 0 Å². The van der Waals surface area contributed by atoms with Gasteiger partial charge in [-0.2, -0.15) is 0 Å². The molecule has 0 rings (SSSR count). The maximum absolute atomic E-state index is 7.57. The van der Waals surface area contributed by atoms with Crippen LogP contribution in [0.25, 0.3) is 0 Å². The van der Waals surface area contributed by atoms with Gasteiger partial charge < -0.3 is 5.11 Å². The molecule has 0 aliphatic heterocycles. The second-order valence-electron chi connectivity index (χ2n) is 0.316. The molecule has 0 saturated carbocycles. The second kappa shape index (κ2) is 44.4. The first-order chi connectivity index (χ1) is 1.41. The van der Waals surface area contributed by atoms with Gasteiger partial charge in [0, 0.05) is 26.1 Å². The molecule has 0 aliphatic rings. The van der Waals surface area contributed by atoms with Gasteiger partial charge in [-0.3, -0.25) is 0 Å². The van der Waals surface area contributed by atoms with Gasteiger partial charge in [0.2, 0.25) is 0 Å². The van der Waals surface area contributed by atoms with E-state index < -0.39 is 0 Å². The number of halogens is 2. The van der Waals surface area contributed by atoms with E-state index in [0.717, 1.165) is 0 Å². The first-order valence-corrected chi connectivity index (χ1v) is 1.02. The van der Waals surface area contributed by atoms with Crippen molar-refractivity contribution in [2.24, 2.45) is 0 Å². The van der Waals surface area contributed by atoms with Crippen LogP contribution < -0.4 is 0 Å². The molecule has 0 bridgehead atoms. The average molecular weight is 211 g/mol. The van der Waals surface area contributed by atoms with Crippen LogP contribution in [-0.4, -0.2) is 34.8 Å². The maximum Gasteiger partial charge on any atom is 0.316 e. The van der Waals surface area contributed by atoms with Gasteiger partial charge in [0.05, 0.1) is 0 Å². The standard InChI is InChI=1S/C2H6O.2ClH.Mg.Zn.2H/c1-2-3;;;;;;/h3H,2H2,1H3;2*1H;;;;. The third kappa shape index (κ3) is 74.9. The Morgan fingerprint density at radius 3 is 1.29 bits per heavy atom. The molecule has 5 heteroatoms. The van der Waals surface area contributed by atoms with E-state index in [2.05, 4.69) is 0 Å². The summed E-state index contributed by atoms with van der Waals surface area (Å²) in [5.41, 5.74) is 0. The van der Waals surface area contributed by atoms with Crippen molar-refractivity contribution < 1.29 is 24.6 Å². The average Bonchev–Trinajstić information content (AvgIpc) is 0.918. The van der Waals surface area contributed by atoms with E-state index in [-0.39, 0.29) is 74.0 Å². The summed E-state index contributed by atoms with van der Waals surface area (Å²) in [4.78, 5) is 0. The number of hydrogen-bond donors (Lipinski definition) is 1. The summed E-state index contributed by atoms with van der Waals surface area (Å²) >= 11 is 0. The summed E-state index contributed by atoms with van der Waals surface area (Å²) in [6.45, 7) is 1.93. The minimum Gasteiger partial charge on any atom is -0.397 e. The molecule has 7 heavy (non-hydrogen) atoms. The van der Waals surface area contributed by atoms with Crippen LogP contribution in [0.15, 0.2) is 0 Å². The topological polar surface area (TPSA) is 20.2 Å². The molecule has 0 aliphatic carbocycles. The van der Waals surface area contributed by atoms with Gasteiger partial charge in [-0.05, 0) is 6.92 Å². The van der Waals surface area contributed by atoms with E-state index in [9.17, 15) is 0 Å². The Labute approximate surface area is 85.4 Å². The molecule has 0 saturated heterocycles. The Balaban J connectivity index is -0.00000000333. The fourth-order valence-electron chi connectivity index (χ4n) is 0. The van der Waals surface area contributed by atoms with Crippen molar-refractivity contribution in [2.75, 3.05) is 6.61 Å². The molecular formula is C2H10Cl2MgOZn. The van der Waals surface area contributed by atoms with Gasteiger partial charge in [-0.1, -0.05) is 0 Å². The van der Waals surface area contributed by atoms with E-state index in [0.29, 0.717) is 0 Å². The Bertz CT molecular complexity index is 15.7. The predicted molar refractivity (Wildman–Crippen MR) is 35.8 cm³/mol. The van der Waals surface area contributed by atoms with Crippen molar-refractivity contribution in [1.82, 2.24) is 0 Å². The molecule has 0 aromatic carbocycles. The van der Waals surface area contributed by atoms with Gasteiger partial charge in [0.1, 0.15) is 0 Å². The van der Waals surface area contributed by atoms with Gasteiger partial charge >= 0.3 is 23.1 Å².